The van der Waals surface area contributed by atoms with Crippen LogP contribution < -0.4 is 0 Å². The molecule has 1 aromatic heterocycles. The fourth-order valence-electron chi connectivity index (χ4n) is 4.85. The number of nitrogens with zero attached hydrogens (tertiary/aromatic N) is 5. The molecule has 1 spiro atoms. The van der Waals surface area contributed by atoms with Gasteiger partial charge in [-0.05, 0) is 32.1 Å². The summed E-state index contributed by atoms with van der Waals surface area (Å²) >= 11 is 0. The van der Waals surface area contributed by atoms with Crippen molar-refractivity contribution < 1.29 is 9.59 Å². The predicted molar refractivity (Wildman–Crippen MR) is 91.5 cm³/mol. The lowest BCUT2D eigenvalue weighted by atomic mass is 9.77. The molecule has 1 aliphatic carbocycles. The normalized spacial score (nSPS) is 27.6. The van der Waals surface area contributed by atoms with Crippen molar-refractivity contribution in [2.75, 3.05) is 19.6 Å². The minimum atomic E-state index is -0.312. The number of carbonyl (C=O) groups is 2. The molecule has 4 rings (SSSR count). The van der Waals surface area contributed by atoms with Crippen molar-refractivity contribution in [2.24, 2.45) is 5.41 Å². The van der Waals surface area contributed by atoms with Crippen LogP contribution in [0.1, 0.15) is 51.4 Å². The van der Waals surface area contributed by atoms with E-state index in [0.717, 1.165) is 38.6 Å². The Labute approximate surface area is 148 Å². The number of hydrogen-bond acceptors (Lipinski definition) is 4. The largest absolute Gasteiger partial charge is 0.342 e. The van der Waals surface area contributed by atoms with Crippen LogP contribution >= 0.6 is 0 Å². The van der Waals surface area contributed by atoms with Crippen LogP contribution in [-0.2, 0) is 16.1 Å². The summed E-state index contributed by atoms with van der Waals surface area (Å²) in [5.41, 5.74) is -0.312. The Kier molecular flexibility index (Phi) is 4.48. The number of hydrogen-bond donors (Lipinski definition) is 0. The third-order valence-corrected chi connectivity index (χ3v) is 6.29. The highest BCUT2D eigenvalue weighted by molar-refractivity contribution is 5.86. The molecule has 7 nitrogen and oxygen atoms in total. The monoisotopic (exact) mass is 345 g/mol. The first-order valence-corrected chi connectivity index (χ1v) is 9.59. The number of aromatic nitrogens is 3. The van der Waals surface area contributed by atoms with E-state index in [0.29, 0.717) is 38.0 Å². The zero-order chi connectivity index (χ0) is 17.3. The van der Waals surface area contributed by atoms with Gasteiger partial charge in [0.15, 0.2) is 0 Å². The Hall–Kier alpha value is -1.92. The molecule has 0 unspecified atom stereocenters. The van der Waals surface area contributed by atoms with Crippen molar-refractivity contribution in [2.45, 2.75) is 64.0 Å². The van der Waals surface area contributed by atoms with E-state index in [1.54, 1.807) is 12.7 Å². The maximum atomic E-state index is 13.2. The van der Waals surface area contributed by atoms with Crippen LogP contribution in [0.3, 0.4) is 0 Å². The minimum absolute atomic E-state index is 0.136. The van der Waals surface area contributed by atoms with Crippen LogP contribution in [0.4, 0.5) is 0 Å². The maximum absolute atomic E-state index is 13.2. The molecule has 2 aliphatic heterocycles. The highest BCUT2D eigenvalue weighted by atomic mass is 16.2. The smallest absolute Gasteiger partial charge is 0.230 e. The van der Waals surface area contributed by atoms with Crippen molar-refractivity contribution in [3.8, 4) is 0 Å². The second kappa shape index (κ2) is 6.77. The number of piperidine rings is 1. The first-order chi connectivity index (χ1) is 12.2. The lowest BCUT2D eigenvalue weighted by molar-refractivity contribution is -0.148. The van der Waals surface area contributed by atoms with E-state index in [4.69, 9.17) is 0 Å². The van der Waals surface area contributed by atoms with Gasteiger partial charge in [0, 0.05) is 38.6 Å². The Bertz CT molecular complexity index is 625. The van der Waals surface area contributed by atoms with Gasteiger partial charge in [0.25, 0.3) is 0 Å². The molecule has 3 fully saturated rings. The molecule has 3 aliphatic rings. The molecule has 2 amide bonds. The summed E-state index contributed by atoms with van der Waals surface area (Å²) in [6.45, 7) is 2.83. The van der Waals surface area contributed by atoms with E-state index in [2.05, 4.69) is 15.1 Å². The van der Waals surface area contributed by atoms with Crippen LogP contribution in [0.5, 0.6) is 0 Å². The zero-order valence-electron chi connectivity index (χ0n) is 14.8. The van der Waals surface area contributed by atoms with Crippen molar-refractivity contribution in [1.29, 1.82) is 0 Å². The summed E-state index contributed by atoms with van der Waals surface area (Å²) in [5, 5.41) is 7.52. The fourth-order valence-corrected chi connectivity index (χ4v) is 4.85. The second-order valence-corrected chi connectivity index (χ2v) is 7.84. The molecule has 136 valence electrons. The average Bonchev–Trinajstić information content (AvgIpc) is 3.38. The van der Waals surface area contributed by atoms with Gasteiger partial charge in [0.1, 0.15) is 12.7 Å². The molecule has 1 aromatic rings. The highest BCUT2D eigenvalue weighted by Gasteiger charge is 2.50. The van der Waals surface area contributed by atoms with Gasteiger partial charge in [-0.15, -0.1) is 10.2 Å². The number of carbonyl (C=O) groups excluding carboxylic acids is 2. The van der Waals surface area contributed by atoms with Gasteiger partial charge in [-0.1, -0.05) is 12.8 Å². The van der Waals surface area contributed by atoms with Crippen molar-refractivity contribution >= 4 is 11.8 Å². The van der Waals surface area contributed by atoms with Crippen LogP contribution in [0.15, 0.2) is 12.7 Å². The summed E-state index contributed by atoms with van der Waals surface area (Å²) in [4.78, 5) is 29.8. The van der Waals surface area contributed by atoms with Gasteiger partial charge in [-0.25, -0.2) is 0 Å². The SMILES string of the molecule is O=C(CCn1cnnc1)N1CC[C@@]2(CCCN(C3CCCC3)C2=O)C1. The Balaban J connectivity index is 1.38. The summed E-state index contributed by atoms with van der Waals surface area (Å²) in [6.07, 6.45) is 11.3. The van der Waals surface area contributed by atoms with Gasteiger partial charge in [0.2, 0.25) is 11.8 Å². The van der Waals surface area contributed by atoms with Crippen molar-refractivity contribution in [3.05, 3.63) is 12.7 Å². The van der Waals surface area contributed by atoms with E-state index in [1.165, 1.54) is 12.8 Å². The predicted octanol–water partition coefficient (Wildman–Crippen LogP) is 1.45. The fraction of sp³-hybridized carbons (Fsp3) is 0.778. The number of aryl methyl sites for hydroxylation is 1. The number of rotatable bonds is 4. The van der Waals surface area contributed by atoms with Crippen LogP contribution in [0.25, 0.3) is 0 Å². The average molecular weight is 345 g/mol. The molecule has 25 heavy (non-hydrogen) atoms. The van der Waals surface area contributed by atoms with Crippen LogP contribution in [0.2, 0.25) is 0 Å². The van der Waals surface area contributed by atoms with Gasteiger partial charge >= 0.3 is 0 Å². The van der Waals surface area contributed by atoms with E-state index >= 15 is 0 Å². The molecular formula is C18H27N5O2. The molecule has 0 N–H and O–H groups in total. The lowest BCUT2D eigenvalue weighted by Crippen LogP contribution is -2.53. The number of amides is 2. The molecule has 1 atom stereocenters. The first-order valence-electron chi connectivity index (χ1n) is 9.59. The zero-order valence-corrected chi connectivity index (χ0v) is 14.8. The maximum Gasteiger partial charge on any atom is 0.230 e. The van der Waals surface area contributed by atoms with Gasteiger partial charge in [-0.3, -0.25) is 9.59 Å². The molecule has 2 saturated heterocycles. The summed E-state index contributed by atoms with van der Waals surface area (Å²) in [7, 11) is 0. The highest BCUT2D eigenvalue weighted by Crippen LogP contribution is 2.42. The van der Waals surface area contributed by atoms with Crippen molar-refractivity contribution in [1.82, 2.24) is 24.6 Å². The van der Waals surface area contributed by atoms with Crippen LogP contribution in [0, 0.1) is 5.41 Å². The molecule has 0 bridgehead atoms. The lowest BCUT2D eigenvalue weighted by Gasteiger charge is -2.42. The van der Waals surface area contributed by atoms with Gasteiger partial charge < -0.3 is 14.4 Å². The minimum Gasteiger partial charge on any atom is -0.342 e. The third kappa shape index (κ3) is 3.16. The van der Waals surface area contributed by atoms with Crippen molar-refractivity contribution in [3.63, 3.8) is 0 Å². The molecule has 1 saturated carbocycles. The second-order valence-electron chi connectivity index (χ2n) is 7.84. The van der Waals surface area contributed by atoms with E-state index in [9.17, 15) is 9.59 Å². The Morgan fingerprint density at radius 2 is 1.88 bits per heavy atom. The van der Waals surface area contributed by atoms with Crippen LogP contribution in [-0.4, -0.2) is 62.1 Å². The molecule has 0 aromatic carbocycles. The Morgan fingerprint density at radius 1 is 1.12 bits per heavy atom. The quantitative estimate of drug-likeness (QED) is 0.828. The van der Waals surface area contributed by atoms with E-state index in [1.807, 2.05) is 9.47 Å². The molecule has 3 heterocycles. The standard InChI is InChI=1S/C18H27N5O2/c24-16(6-10-21-13-19-20-14-21)22-11-8-18(12-22)7-3-9-23(17(18)25)15-4-1-2-5-15/h13-15H,1-12H2/t18-/m0/s1. The summed E-state index contributed by atoms with van der Waals surface area (Å²) in [5.74, 6) is 0.455. The summed E-state index contributed by atoms with van der Waals surface area (Å²) < 4.78 is 1.82. The molecule has 0 radical (unpaired) electrons. The molecular weight excluding hydrogens is 318 g/mol. The Morgan fingerprint density at radius 3 is 2.64 bits per heavy atom. The van der Waals surface area contributed by atoms with Gasteiger partial charge in [-0.2, -0.15) is 0 Å². The van der Waals surface area contributed by atoms with E-state index in [-0.39, 0.29) is 11.3 Å². The van der Waals surface area contributed by atoms with Gasteiger partial charge in [0.05, 0.1) is 5.41 Å². The van der Waals surface area contributed by atoms with E-state index < -0.39 is 0 Å². The number of likely N-dealkylation sites (tertiary alicyclic amines) is 2. The summed E-state index contributed by atoms with van der Waals surface area (Å²) in [6, 6.07) is 0.447. The molecule has 7 heteroatoms. The third-order valence-electron chi connectivity index (χ3n) is 6.29. The topological polar surface area (TPSA) is 71.3 Å². The first kappa shape index (κ1) is 16.5.